The molecule has 134 valence electrons. The molecule has 0 bridgehead atoms. The molecule has 0 spiro atoms. The van der Waals surface area contributed by atoms with Crippen molar-refractivity contribution in [3.63, 3.8) is 0 Å². The van der Waals surface area contributed by atoms with Crippen molar-refractivity contribution >= 4 is 0 Å². The van der Waals surface area contributed by atoms with Crippen molar-refractivity contribution in [2.45, 2.75) is 70.6 Å². The fourth-order valence-electron chi connectivity index (χ4n) is 3.74. The lowest BCUT2D eigenvalue weighted by atomic mass is 9.77. The molecular formula is C23H30FN. The maximum absolute atomic E-state index is 12.7. The average Bonchev–Trinajstić information content (AvgIpc) is 2.67. The first-order valence-corrected chi connectivity index (χ1v) is 9.74. The third-order valence-electron chi connectivity index (χ3n) is 5.34. The van der Waals surface area contributed by atoms with Gasteiger partial charge in [0.2, 0.25) is 0 Å². The van der Waals surface area contributed by atoms with Crippen LogP contribution < -0.4 is 0 Å². The standard InChI is InChI=1S/C23H30FN/c1-2-3-7-19-10-14-21(15-11-19)22-16-12-20(13-17-22)8-5-4-6-9-23(24)18-25/h4,6,9-11,14-15,20,22H,2-3,5,7-8,12-13,16-17H2,1H3/b6-4+,23-9-. The van der Waals surface area contributed by atoms with E-state index in [1.807, 2.05) is 6.08 Å². The van der Waals surface area contributed by atoms with E-state index >= 15 is 0 Å². The second-order valence-electron chi connectivity index (χ2n) is 7.19. The van der Waals surface area contributed by atoms with Gasteiger partial charge in [0.25, 0.3) is 0 Å². The third kappa shape index (κ3) is 6.86. The number of allylic oxidation sites excluding steroid dienone is 4. The Labute approximate surface area is 152 Å². The summed E-state index contributed by atoms with van der Waals surface area (Å²) in [5.74, 6) is 0.784. The van der Waals surface area contributed by atoms with Crippen LogP contribution in [-0.2, 0) is 6.42 Å². The highest BCUT2D eigenvalue weighted by Gasteiger charge is 2.21. The van der Waals surface area contributed by atoms with Gasteiger partial charge >= 0.3 is 0 Å². The Hall–Kier alpha value is -1.88. The zero-order chi connectivity index (χ0) is 17.9. The summed E-state index contributed by atoms with van der Waals surface area (Å²) in [6, 6.07) is 10.8. The van der Waals surface area contributed by atoms with Gasteiger partial charge in [0.15, 0.2) is 5.83 Å². The van der Waals surface area contributed by atoms with Crippen molar-refractivity contribution in [2.75, 3.05) is 0 Å². The lowest BCUT2D eigenvalue weighted by molar-refractivity contribution is 0.312. The third-order valence-corrected chi connectivity index (χ3v) is 5.34. The summed E-state index contributed by atoms with van der Waals surface area (Å²) in [4.78, 5) is 0. The van der Waals surface area contributed by atoms with Gasteiger partial charge in [0.1, 0.15) is 6.07 Å². The molecule has 1 saturated carbocycles. The monoisotopic (exact) mass is 339 g/mol. The lowest BCUT2D eigenvalue weighted by Crippen LogP contribution is -2.13. The average molecular weight is 339 g/mol. The van der Waals surface area contributed by atoms with E-state index < -0.39 is 5.83 Å². The quantitative estimate of drug-likeness (QED) is 0.369. The molecule has 0 heterocycles. The summed E-state index contributed by atoms with van der Waals surface area (Å²) < 4.78 is 12.7. The minimum atomic E-state index is -0.725. The Morgan fingerprint density at radius 1 is 1.20 bits per heavy atom. The van der Waals surface area contributed by atoms with Gasteiger partial charge in [0.05, 0.1) is 0 Å². The van der Waals surface area contributed by atoms with Gasteiger partial charge in [-0.3, -0.25) is 0 Å². The Balaban J connectivity index is 1.71. The molecule has 0 amide bonds. The van der Waals surface area contributed by atoms with Crippen LogP contribution in [0.1, 0.15) is 75.3 Å². The van der Waals surface area contributed by atoms with Crippen LogP contribution in [0.4, 0.5) is 4.39 Å². The molecule has 1 nitrogen and oxygen atoms in total. The van der Waals surface area contributed by atoms with Gasteiger partial charge in [-0.05, 0) is 80.4 Å². The Morgan fingerprint density at radius 2 is 1.92 bits per heavy atom. The number of halogens is 1. The number of nitrogens with zero attached hydrogens (tertiary/aromatic N) is 1. The summed E-state index contributed by atoms with van der Waals surface area (Å²) in [5.41, 5.74) is 2.98. The molecule has 0 atom stereocenters. The van der Waals surface area contributed by atoms with Crippen molar-refractivity contribution in [2.24, 2.45) is 5.92 Å². The Kier molecular flexibility index (Phi) is 8.46. The summed E-state index contributed by atoms with van der Waals surface area (Å²) in [6.07, 6.45) is 15.9. The second kappa shape index (κ2) is 10.9. The molecule has 1 aliphatic carbocycles. The molecule has 0 N–H and O–H groups in total. The van der Waals surface area contributed by atoms with E-state index in [1.54, 1.807) is 6.08 Å². The largest absolute Gasteiger partial charge is 0.199 e. The summed E-state index contributed by atoms with van der Waals surface area (Å²) in [6.45, 7) is 2.24. The molecule has 0 aromatic heterocycles. The Bertz CT molecular complexity index is 598. The number of benzene rings is 1. The molecule has 0 radical (unpaired) electrons. The zero-order valence-corrected chi connectivity index (χ0v) is 15.4. The number of hydrogen-bond acceptors (Lipinski definition) is 1. The zero-order valence-electron chi connectivity index (χ0n) is 15.4. The fourth-order valence-corrected chi connectivity index (χ4v) is 3.74. The smallest absolute Gasteiger partial charge is 0.195 e. The maximum atomic E-state index is 12.7. The van der Waals surface area contributed by atoms with Crippen LogP contribution >= 0.6 is 0 Å². The first-order chi connectivity index (χ1) is 12.2. The predicted octanol–water partition coefficient (Wildman–Crippen LogP) is 7.02. The summed E-state index contributed by atoms with van der Waals surface area (Å²) in [7, 11) is 0. The van der Waals surface area contributed by atoms with E-state index in [-0.39, 0.29) is 0 Å². The summed E-state index contributed by atoms with van der Waals surface area (Å²) in [5, 5.41) is 8.34. The van der Waals surface area contributed by atoms with E-state index in [0.717, 1.165) is 18.3 Å². The highest BCUT2D eigenvalue weighted by Crippen LogP contribution is 2.37. The molecule has 1 aliphatic rings. The highest BCUT2D eigenvalue weighted by atomic mass is 19.1. The number of hydrogen-bond donors (Lipinski definition) is 0. The lowest BCUT2D eigenvalue weighted by Gasteiger charge is -2.28. The summed E-state index contributed by atoms with van der Waals surface area (Å²) >= 11 is 0. The van der Waals surface area contributed by atoms with Crippen molar-refractivity contribution < 1.29 is 4.39 Å². The van der Waals surface area contributed by atoms with Crippen LogP contribution in [0.5, 0.6) is 0 Å². The van der Waals surface area contributed by atoms with Gasteiger partial charge in [-0.1, -0.05) is 49.8 Å². The van der Waals surface area contributed by atoms with E-state index in [4.69, 9.17) is 5.26 Å². The minimum absolute atomic E-state index is 0.722. The van der Waals surface area contributed by atoms with Crippen LogP contribution in [0.15, 0.2) is 48.3 Å². The first-order valence-electron chi connectivity index (χ1n) is 9.74. The van der Waals surface area contributed by atoms with Crippen molar-refractivity contribution in [3.8, 4) is 6.07 Å². The van der Waals surface area contributed by atoms with Crippen LogP contribution in [-0.4, -0.2) is 0 Å². The molecule has 1 fully saturated rings. The molecular weight excluding hydrogens is 309 g/mol. The highest BCUT2D eigenvalue weighted by molar-refractivity contribution is 5.26. The number of nitriles is 1. The fraction of sp³-hybridized carbons (Fsp3) is 0.522. The van der Waals surface area contributed by atoms with Gasteiger partial charge in [-0.15, -0.1) is 0 Å². The van der Waals surface area contributed by atoms with Crippen LogP contribution in [0.25, 0.3) is 0 Å². The van der Waals surface area contributed by atoms with E-state index in [2.05, 4.69) is 31.2 Å². The Morgan fingerprint density at radius 3 is 2.56 bits per heavy atom. The van der Waals surface area contributed by atoms with E-state index in [1.165, 1.54) is 74.6 Å². The topological polar surface area (TPSA) is 23.8 Å². The van der Waals surface area contributed by atoms with Gasteiger partial charge < -0.3 is 0 Å². The van der Waals surface area contributed by atoms with E-state index in [0.29, 0.717) is 0 Å². The molecule has 2 rings (SSSR count). The van der Waals surface area contributed by atoms with Gasteiger partial charge in [-0.25, -0.2) is 0 Å². The SMILES string of the molecule is CCCCc1ccc(C2CCC(CC/C=C/C=C(\F)C#N)CC2)cc1. The van der Waals surface area contributed by atoms with Crippen LogP contribution in [0.2, 0.25) is 0 Å². The molecule has 1 aromatic rings. The molecule has 0 unspecified atom stereocenters. The van der Waals surface area contributed by atoms with Crippen molar-refractivity contribution in [3.05, 3.63) is 59.4 Å². The minimum Gasteiger partial charge on any atom is -0.195 e. The predicted molar refractivity (Wildman–Crippen MR) is 103 cm³/mol. The molecule has 2 heteroatoms. The second-order valence-corrected chi connectivity index (χ2v) is 7.19. The van der Waals surface area contributed by atoms with Crippen molar-refractivity contribution in [1.29, 1.82) is 5.26 Å². The van der Waals surface area contributed by atoms with Crippen LogP contribution in [0.3, 0.4) is 0 Å². The molecule has 1 aromatic carbocycles. The van der Waals surface area contributed by atoms with E-state index in [9.17, 15) is 4.39 Å². The maximum Gasteiger partial charge on any atom is 0.199 e. The molecule has 0 aliphatic heterocycles. The normalized spacial score (nSPS) is 21.4. The van der Waals surface area contributed by atoms with Gasteiger partial charge in [-0.2, -0.15) is 9.65 Å². The number of unbranched alkanes of at least 4 members (excludes halogenated alkanes) is 1. The van der Waals surface area contributed by atoms with Crippen molar-refractivity contribution in [1.82, 2.24) is 0 Å². The number of aryl methyl sites for hydroxylation is 1. The van der Waals surface area contributed by atoms with Gasteiger partial charge in [0, 0.05) is 0 Å². The van der Waals surface area contributed by atoms with Crippen LogP contribution in [0, 0.1) is 17.2 Å². The molecule has 0 saturated heterocycles. The molecule has 25 heavy (non-hydrogen) atoms. The number of rotatable bonds is 8. The first kappa shape index (κ1) is 19.4.